The van der Waals surface area contributed by atoms with Crippen LogP contribution in [0.2, 0.25) is 0 Å². The van der Waals surface area contributed by atoms with E-state index in [0.29, 0.717) is 36.0 Å². The molecule has 3 rings (SSSR count). The van der Waals surface area contributed by atoms with Crippen LogP contribution in [0.5, 0.6) is 0 Å². The number of carbonyl (C=O) groups excluding carboxylic acids is 1. The predicted octanol–water partition coefficient (Wildman–Crippen LogP) is 4.21. The van der Waals surface area contributed by atoms with Crippen LogP contribution in [0, 0.1) is 23.6 Å². The summed E-state index contributed by atoms with van der Waals surface area (Å²) in [5.41, 5.74) is 1.21. The van der Waals surface area contributed by atoms with Crippen molar-refractivity contribution in [3.05, 3.63) is 41.8 Å². The van der Waals surface area contributed by atoms with Gasteiger partial charge in [0.1, 0.15) is 17.7 Å². The van der Waals surface area contributed by atoms with Gasteiger partial charge in [-0.2, -0.15) is 4.98 Å². The van der Waals surface area contributed by atoms with E-state index in [1.54, 1.807) is 25.3 Å². The highest BCUT2D eigenvalue weighted by molar-refractivity contribution is 5.85. The van der Waals surface area contributed by atoms with Crippen LogP contribution >= 0.6 is 0 Å². The number of anilines is 3. The minimum atomic E-state index is -1.14. The molecule has 1 aliphatic rings. The number of carboxylic acid groups (broad SMARTS) is 1. The molecule has 2 amide bonds. The third-order valence-corrected chi connectivity index (χ3v) is 6.11. The van der Waals surface area contributed by atoms with E-state index in [0.717, 1.165) is 30.6 Å². The molecular formula is C26H33FN6O3. The number of likely N-dealkylation sites (N-methyl/N-ethyl adjacent to an activating group) is 1. The lowest BCUT2D eigenvalue weighted by atomic mass is 9.86. The summed E-state index contributed by atoms with van der Waals surface area (Å²) in [5, 5.41) is 18.4. The lowest BCUT2D eigenvalue weighted by Gasteiger charge is -2.29. The Kier molecular flexibility index (Phi) is 9.45. The molecule has 1 saturated carbocycles. The fourth-order valence-electron chi connectivity index (χ4n) is 3.90. The largest absolute Gasteiger partial charge is 0.465 e. The molecule has 0 spiro atoms. The Balaban J connectivity index is 1.68. The Morgan fingerprint density at radius 1 is 1.33 bits per heavy atom. The first-order chi connectivity index (χ1) is 17.3. The van der Waals surface area contributed by atoms with E-state index < -0.39 is 12.1 Å². The Morgan fingerprint density at radius 3 is 2.86 bits per heavy atom. The van der Waals surface area contributed by atoms with Crippen molar-refractivity contribution in [2.24, 2.45) is 5.92 Å². The van der Waals surface area contributed by atoms with Crippen LogP contribution in [0.1, 0.15) is 51.5 Å². The molecule has 4 N–H and O–H groups in total. The van der Waals surface area contributed by atoms with E-state index in [-0.39, 0.29) is 23.7 Å². The molecule has 36 heavy (non-hydrogen) atoms. The molecule has 9 nitrogen and oxygen atoms in total. The zero-order valence-electron chi connectivity index (χ0n) is 20.8. The van der Waals surface area contributed by atoms with Crippen LogP contribution in [0.15, 0.2) is 30.5 Å². The fourth-order valence-corrected chi connectivity index (χ4v) is 3.90. The highest BCUT2D eigenvalue weighted by Crippen LogP contribution is 2.25. The van der Waals surface area contributed by atoms with Crippen molar-refractivity contribution >= 4 is 29.5 Å². The van der Waals surface area contributed by atoms with Crippen molar-refractivity contribution in [3.63, 3.8) is 0 Å². The molecule has 2 aromatic rings. The predicted molar refractivity (Wildman–Crippen MR) is 137 cm³/mol. The summed E-state index contributed by atoms with van der Waals surface area (Å²) in [6.07, 6.45) is 4.77. The third kappa shape index (κ3) is 7.57. The Bertz CT molecular complexity index is 1130. The average molecular weight is 497 g/mol. The standard InChI is InChI=1S/C26H33FN6O3/c1-4-13-28-23-19(16-29-25(32-23)31-22-10-6-8-20(27)15-22)12-11-18-7-5-9-21(14-18)30-24(34)17(2)33(3)26(35)36/h6,8,10,15-18,21H,4-5,7,9,13-14H2,1-3H3,(H,30,34)(H,35,36)(H2,28,29,31,32). The highest BCUT2D eigenvalue weighted by Gasteiger charge is 2.27. The van der Waals surface area contributed by atoms with E-state index in [4.69, 9.17) is 5.11 Å². The number of rotatable bonds is 8. The van der Waals surface area contributed by atoms with E-state index >= 15 is 0 Å². The van der Waals surface area contributed by atoms with Gasteiger partial charge in [-0.05, 0) is 50.8 Å². The SMILES string of the molecule is CCCNc1nc(Nc2cccc(F)c2)ncc1C#CC1CCCC(NC(=O)C(C)N(C)C(=O)O)C1. The van der Waals surface area contributed by atoms with Gasteiger partial charge in [0, 0.05) is 31.2 Å². The van der Waals surface area contributed by atoms with Gasteiger partial charge in [-0.25, -0.2) is 14.2 Å². The fraction of sp³-hybridized carbons (Fsp3) is 0.462. The van der Waals surface area contributed by atoms with E-state index in [2.05, 4.69) is 44.7 Å². The molecule has 10 heteroatoms. The maximum absolute atomic E-state index is 13.5. The Hall–Kier alpha value is -3.87. The smallest absolute Gasteiger partial charge is 0.407 e. The zero-order valence-corrected chi connectivity index (χ0v) is 20.8. The number of hydrogen-bond donors (Lipinski definition) is 4. The van der Waals surface area contributed by atoms with Crippen molar-refractivity contribution in [1.29, 1.82) is 0 Å². The summed E-state index contributed by atoms with van der Waals surface area (Å²) < 4.78 is 13.5. The summed E-state index contributed by atoms with van der Waals surface area (Å²) in [4.78, 5) is 33.5. The number of benzene rings is 1. The molecule has 0 bridgehead atoms. The first-order valence-corrected chi connectivity index (χ1v) is 12.2. The van der Waals surface area contributed by atoms with Crippen molar-refractivity contribution in [1.82, 2.24) is 20.2 Å². The molecule has 0 radical (unpaired) electrons. The zero-order chi connectivity index (χ0) is 26.1. The molecule has 1 heterocycles. The number of halogens is 1. The molecule has 1 fully saturated rings. The van der Waals surface area contributed by atoms with Crippen LogP contribution in [-0.2, 0) is 4.79 Å². The van der Waals surface area contributed by atoms with E-state index in [1.165, 1.54) is 19.2 Å². The molecule has 192 valence electrons. The van der Waals surface area contributed by atoms with Crippen molar-refractivity contribution < 1.29 is 19.1 Å². The number of aromatic nitrogens is 2. The average Bonchev–Trinajstić information content (AvgIpc) is 2.86. The first kappa shape index (κ1) is 26.7. The van der Waals surface area contributed by atoms with Gasteiger partial charge in [0.15, 0.2) is 0 Å². The van der Waals surface area contributed by atoms with Gasteiger partial charge >= 0.3 is 6.09 Å². The summed E-state index contributed by atoms with van der Waals surface area (Å²) in [6.45, 7) is 4.34. The first-order valence-electron chi connectivity index (χ1n) is 12.2. The second-order valence-electron chi connectivity index (χ2n) is 8.93. The minimum Gasteiger partial charge on any atom is -0.465 e. The normalized spacial score (nSPS) is 17.8. The van der Waals surface area contributed by atoms with Crippen LogP contribution in [0.3, 0.4) is 0 Å². The number of amides is 2. The number of nitrogens with one attached hydrogen (secondary N) is 3. The van der Waals surface area contributed by atoms with Crippen LogP contribution in [0.25, 0.3) is 0 Å². The van der Waals surface area contributed by atoms with Crippen molar-refractivity contribution in [2.45, 2.75) is 58.0 Å². The molecule has 3 atom stereocenters. The molecule has 0 saturated heterocycles. The molecular weight excluding hydrogens is 463 g/mol. The summed E-state index contributed by atoms with van der Waals surface area (Å²) >= 11 is 0. The van der Waals surface area contributed by atoms with Crippen molar-refractivity contribution in [2.75, 3.05) is 24.2 Å². The van der Waals surface area contributed by atoms with Gasteiger partial charge in [0.25, 0.3) is 0 Å². The maximum Gasteiger partial charge on any atom is 0.407 e. The van der Waals surface area contributed by atoms with E-state index in [1.807, 2.05) is 0 Å². The van der Waals surface area contributed by atoms with Gasteiger partial charge in [0.05, 0.1) is 11.8 Å². The quantitative estimate of drug-likeness (QED) is 0.404. The summed E-state index contributed by atoms with van der Waals surface area (Å²) in [5.74, 6) is 6.87. The minimum absolute atomic E-state index is 0.0537. The van der Waals surface area contributed by atoms with Crippen LogP contribution in [-0.4, -0.2) is 57.7 Å². The van der Waals surface area contributed by atoms with E-state index in [9.17, 15) is 14.0 Å². The van der Waals surface area contributed by atoms with Gasteiger partial charge in [-0.3, -0.25) is 9.69 Å². The second kappa shape index (κ2) is 12.7. The highest BCUT2D eigenvalue weighted by atomic mass is 19.1. The van der Waals surface area contributed by atoms with Crippen LogP contribution < -0.4 is 16.0 Å². The molecule has 3 unspecified atom stereocenters. The summed E-state index contributed by atoms with van der Waals surface area (Å²) in [7, 11) is 1.38. The van der Waals surface area contributed by atoms with Crippen molar-refractivity contribution in [3.8, 4) is 11.8 Å². The van der Waals surface area contributed by atoms with Gasteiger partial charge < -0.3 is 21.1 Å². The molecule has 1 aromatic carbocycles. The molecule has 1 aromatic heterocycles. The van der Waals surface area contributed by atoms with Gasteiger partial charge in [-0.1, -0.05) is 31.3 Å². The van der Waals surface area contributed by atoms with Gasteiger partial charge in [-0.15, -0.1) is 0 Å². The summed E-state index contributed by atoms with van der Waals surface area (Å²) in [6, 6.07) is 5.26. The monoisotopic (exact) mass is 496 g/mol. The lowest BCUT2D eigenvalue weighted by Crippen LogP contribution is -2.49. The maximum atomic E-state index is 13.5. The third-order valence-electron chi connectivity index (χ3n) is 6.11. The number of carbonyl (C=O) groups is 2. The molecule has 0 aliphatic heterocycles. The number of hydrogen-bond acceptors (Lipinski definition) is 6. The number of nitrogens with zero attached hydrogens (tertiary/aromatic N) is 3. The Morgan fingerprint density at radius 2 is 2.14 bits per heavy atom. The Labute approximate surface area is 210 Å². The van der Waals surface area contributed by atoms with Crippen LogP contribution in [0.4, 0.5) is 26.6 Å². The van der Waals surface area contributed by atoms with Gasteiger partial charge in [0.2, 0.25) is 11.9 Å². The second-order valence-corrected chi connectivity index (χ2v) is 8.93. The topological polar surface area (TPSA) is 119 Å². The lowest BCUT2D eigenvalue weighted by molar-refractivity contribution is -0.125. The molecule has 1 aliphatic carbocycles.